The predicted octanol–water partition coefficient (Wildman–Crippen LogP) is 2.57. The van der Waals surface area contributed by atoms with E-state index in [9.17, 15) is 9.59 Å². The summed E-state index contributed by atoms with van der Waals surface area (Å²) in [7, 11) is 0. The Morgan fingerprint density at radius 2 is 1.95 bits per heavy atom. The van der Waals surface area contributed by atoms with Gasteiger partial charge in [-0.05, 0) is 31.9 Å². The topological polar surface area (TPSA) is 49.4 Å². The van der Waals surface area contributed by atoms with Crippen molar-refractivity contribution in [3.63, 3.8) is 0 Å². The highest BCUT2D eigenvalue weighted by atomic mass is 32.2. The van der Waals surface area contributed by atoms with Crippen LogP contribution in [0.25, 0.3) is 0 Å². The largest absolute Gasteiger partial charge is 0.343 e. The van der Waals surface area contributed by atoms with Crippen molar-refractivity contribution in [3.05, 3.63) is 0 Å². The number of piperazine rings is 1. The van der Waals surface area contributed by atoms with Crippen LogP contribution in [0, 0.1) is 0 Å². The average molecular weight is 312 g/mol. The first-order chi connectivity index (χ1) is 10.1. The van der Waals surface area contributed by atoms with Gasteiger partial charge in [-0.2, -0.15) is 11.8 Å². The molecule has 1 heterocycles. The Morgan fingerprint density at radius 1 is 1.24 bits per heavy atom. The number of carbonyl (C=O) groups is 2. The number of nitrogens with zero attached hydrogens (tertiary/aromatic N) is 1. The van der Waals surface area contributed by atoms with Crippen LogP contribution in [0.4, 0.5) is 0 Å². The van der Waals surface area contributed by atoms with E-state index in [0.717, 1.165) is 25.7 Å². The summed E-state index contributed by atoms with van der Waals surface area (Å²) in [6, 6.07) is -0.352. The Kier molecular flexibility index (Phi) is 5.97. The molecule has 0 aromatic carbocycles. The number of nitrogens with one attached hydrogen (secondary N) is 1. The fourth-order valence-electron chi connectivity index (χ4n) is 3.72. The molecule has 1 saturated carbocycles. The Hall–Kier alpha value is -0.710. The van der Waals surface area contributed by atoms with Gasteiger partial charge in [0.25, 0.3) is 0 Å². The molecule has 2 rings (SSSR count). The molecule has 1 aliphatic carbocycles. The van der Waals surface area contributed by atoms with Gasteiger partial charge in [0, 0.05) is 11.3 Å². The van der Waals surface area contributed by atoms with Crippen LogP contribution < -0.4 is 5.32 Å². The minimum absolute atomic E-state index is 0.0426. The van der Waals surface area contributed by atoms with Crippen molar-refractivity contribution in [2.75, 3.05) is 6.26 Å². The van der Waals surface area contributed by atoms with Crippen LogP contribution in [0.1, 0.15) is 58.8 Å². The Balaban J connectivity index is 2.25. The Labute approximate surface area is 132 Å². The minimum Gasteiger partial charge on any atom is -0.343 e. The molecule has 2 amide bonds. The van der Waals surface area contributed by atoms with Gasteiger partial charge in [-0.3, -0.25) is 9.59 Å². The lowest BCUT2D eigenvalue weighted by molar-refractivity contribution is -0.153. The molecular weight excluding hydrogens is 284 g/mol. The third-order valence-electron chi connectivity index (χ3n) is 4.80. The van der Waals surface area contributed by atoms with E-state index in [-0.39, 0.29) is 29.9 Å². The predicted molar refractivity (Wildman–Crippen MR) is 87.3 cm³/mol. The van der Waals surface area contributed by atoms with Crippen molar-refractivity contribution in [2.24, 2.45) is 0 Å². The average Bonchev–Trinajstić information content (AvgIpc) is 2.50. The number of carbonyl (C=O) groups excluding carboxylic acids is 2. The highest BCUT2D eigenvalue weighted by Crippen LogP contribution is 2.34. The monoisotopic (exact) mass is 312 g/mol. The van der Waals surface area contributed by atoms with E-state index in [1.54, 1.807) is 0 Å². The summed E-state index contributed by atoms with van der Waals surface area (Å²) in [6.07, 6.45) is 9.10. The van der Waals surface area contributed by atoms with Crippen LogP contribution in [-0.2, 0) is 9.59 Å². The summed E-state index contributed by atoms with van der Waals surface area (Å²) < 4.78 is 0. The second kappa shape index (κ2) is 7.52. The molecule has 1 aliphatic heterocycles. The summed E-state index contributed by atoms with van der Waals surface area (Å²) in [5.41, 5.74) is 0. The number of thioether (sulfide) groups is 1. The van der Waals surface area contributed by atoms with E-state index in [1.165, 1.54) is 12.8 Å². The summed E-state index contributed by atoms with van der Waals surface area (Å²) in [5, 5.41) is 3.41. The zero-order chi connectivity index (χ0) is 15.4. The Morgan fingerprint density at radius 3 is 2.57 bits per heavy atom. The lowest BCUT2D eigenvalue weighted by atomic mass is 9.89. The van der Waals surface area contributed by atoms with Gasteiger partial charge in [-0.15, -0.1) is 0 Å². The lowest BCUT2D eigenvalue weighted by Gasteiger charge is -2.47. The quantitative estimate of drug-likeness (QED) is 0.849. The molecule has 5 heteroatoms. The zero-order valence-electron chi connectivity index (χ0n) is 13.4. The third kappa shape index (κ3) is 3.38. The van der Waals surface area contributed by atoms with E-state index in [2.05, 4.69) is 18.5 Å². The molecule has 1 N–H and O–H groups in total. The van der Waals surface area contributed by atoms with Crippen LogP contribution in [0.5, 0.6) is 0 Å². The van der Waals surface area contributed by atoms with Crippen LogP contribution in [0.2, 0.25) is 0 Å². The lowest BCUT2D eigenvalue weighted by Crippen LogP contribution is -2.67. The van der Waals surface area contributed by atoms with Crippen molar-refractivity contribution in [1.29, 1.82) is 0 Å². The zero-order valence-corrected chi connectivity index (χ0v) is 14.2. The summed E-state index contributed by atoms with van der Waals surface area (Å²) in [6.45, 7) is 4.06. The molecule has 4 unspecified atom stereocenters. The first-order valence-corrected chi connectivity index (χ1v) is 9.58. The standard InChI is InChI=1S/C16H28N2O2S/c1-4-8-11-16(20)18(12(5-2)15(19)17-11)13-9-6-7-10-14(13)21-3/h11-14H,4-10H2,1-3H3,(H,17,19). The normalized spacial score (nSPS) is 34.0. The maximum atomic E-state index is 12.9. The number of hydrogen-bond donors (Lipinski definition) is 1. The van der Waals surface area contributed by atoms with Gasteiger partial charge in [0.2, 0.25) is 11.8 Å². The van der Waals surface area contributed by atoms with E-state index in [0.29, 0.717) is 11.7 Å². The van der Waals surface area contributed by atoms with Crippen molar-refractivity contribution in [2.45, 2.75) is 82.2 Å². The van der Waals surface area contributed by atoms with Crippen molar-refractivity contribution in [1.82, 2.24) is 10.2 Å². The van der Waals surface area contributed by atoms with E-state index < -0.39 is 0 Å². The molecule has 2 aliphatic rings. The van der Waals surface area contributed by atoms with Gasteiger partial charge < -0.3 is 10.2 Å². The minimum atomic E-state index is -0.310. The summed E-state index contributed by atoms with van der Waals surface area (Å²) in [5.74, 6) is 0.190. The first kappa shape index (κ1) is 16.7. The molecule has 120 valence electrons. The molecule has 0 radical (unpaired) electrons. The molecule has 0 bridgehead atoms. The SMILES string of the molecule is CCCC1NC(=O)C(CC)N(C2CCCCC2SC)C1=O. The second-order valence-electron chi connectivity index (χ2n) is 6.15. The Bertz CT molecular complexity index is 388. The molecule has 1 saturated heterocycles. The molecule has 4 nitrogen and oxygen atoms in total. The summed E-state index contributed by atoms with van der Waals surface area (Å²) >= 11 is 1.85. The molecular formula is C16H28N2O2S. The molecule has 2 fully saturated rings. The fraction of sp³-hybridized carbons (Fsp3) is 0.875. The van der Waals surface area contributed by atoms with Crippen molar-refractivity contribution in [3.8, 4) is 0 Å². The van der Waals surface area contributed by atoms with Crippen LogP contribution in [0.3, 0.4) is 0 Å². The van der Waals surface area contributed by atoms with Crippen LogP contribution in [0.15, 0.2) is 0 Å². The van der Waals surface area contributed by atoms with Crippen LogP contribution in [-0.4, -0.2) is 46.3 Å². The number of rotatable bonds is 5. The molecule has 0 spiro atoms. The fourth-order valence-corrected chi connectivity index (χ4v) is 4.70. The van der Waals surface area contributed by atoms with E-state index in [1.807, 2.05) is 23.6 Å². The maximum Gasteiger partial charge on any atom is 0.246 e. The molecule has 4 atom stereocenters. The van der Waals surface area contributed by atoms with Crippen molar-refractivity contribution < 1.29 is 9.59 Å². The molecule has 0 aromatic heterocycles. The molecule has 0 aromatic rings. The van der Waals surface area contributed by atoms with Gasteiger partial charge in [-0.1, -0.05) is 33.1 Å². The van der Waals surface area contributed by atoms with Gasteiger partial charge >= 0.3 is 0 Å². The first-order valence-electron chi connectivity index (χ1n) is 8.29. The van der Waals surface area contributed by atoms with Crippen LogP contribution >= 0.6 is 11.8 Å². The van der Waals surface area contributed by atoms with E-state index >= 15 is 0 Å². The number of hydrogen-bond acceptors (Lipinski definition) is 3. The van der Waals surface area contributed by atoms with Crippen molar-refractivity contribution >= 4 is 23.6 Å². The van der Waals surface area contributed by atoms with Gasteiger partial charge in [-0.25, -0.2) is 0 Å². The second-order valence-corrected chi connectivity index (χ2v) is 7.22. The smallest absolute Gasteiger partial charge is 0.246 e. The molecule has 21 heavy (non-hydrogen) atoms. The highest BCUT2D eigenvalue weighted by Gasteiger charge is 2.44. The van der Waals surface area contributed by atoms with E-state index in [4.69, 9.17) is 0 Å². The van der Waals surface area contributed by atoms with Gasteiger partial charge in [0.15, 0.2) is 0 Å². The maximum absolute atomic E-state index is 12.9. The van der Waals surface area contributed by atoms with Gasteiger partial charge in [0.1, 0.15) is 12.1 Å². The third-order valence-corrected chi connectivity index (χ3v) is 5.95. The number of amides is 2. The summed E-state index contributed by atoms with van der Waals surface area (Å²) in [4.78, 5) is 27.2. The van der Waals surface area contributed by atoms with Gasteiger partial charge in [0.05, 0.1) is 0 Å². The highest BCUT2D eigenvalue weighted by molar-refractivity contribution is 7.99.